The lowest BCUT2D eigenvalue weighted by atomic mass is 9.97. The number of nitro groups is 1. The summed E-state index contributed by atoms with van der Waals surface area (Å²) in [7, 11) is 0. The van der Waals surface area contributed by atoms with Gasteiger partial charge < -0.3 is 10.2 Å². The Labute approximate surface area is 155 Å². The molecule has 0 amide bonds. The van der Waals surface area contributed by atoms with E-state index in [1.54, 1.807) is 18.2 Å². The fourth-order valence-electron chi connectivity index (χ4n) is 3.60. The summed E-state index contributed by atoms with van der Waals surface area (Å²) in [5.74, 6) is 0.569. The minimum absolute atomic E-state index is 0.159. The molecule has 1 atom stereocenters. The molecule has 1 unspecified atom stereocenters. The van der Waals surface area contributed by atoms with E-state index < -0.39 is 0 Å². The van der Waals surface area contributed by atoms with Crippen LogP contribution in [0.2, 0.25) is 0 Å². The molecule has 5 heteroatoms. The van der Waals surface area contributed by atoms with E-state index in [1.165, 1.54) is 5.56 Å². The van der Waals surface area contributed by atoms with Crippen molar-refractivity contribution >= 4 is 11.4 Å². The number of hydrogen-bond acceptors (Lipinski definition) is 4. The van der Waals surface area contributed by atoms with Crippen LogP contribution >= 0.6 is 0 Å². The van der Waals surface area contributed by atoms with Crippen molar-refractivity contribution in [2.45, 2.75) is 38.1 Å². The van der Waals surface area contributed by atoms with E-state index in [0.29, 0.717) is 17.6 Å². The first kappa shape index (κ1) is 18.4. The standard InChI is InChI=1S/C21H27N3O2/c1-17(18-7-3-2-4-8-18)11-14-23-15-12-19(13-16-23)22-20-9-5-6-10-21(20)24(25)26/h2-10,17,19,22H,11-16H2,1H3. The summed E-state index contributed by atoms with van der Waals surface area (Å²) in [5.41, 5.74) is 2.20. The second-order valence-electron chi connectivity index (χ2n) is 7.13. The molecule has 0 saturated carbocycles. The maximum atomic E-state index is 11.1. The van der Waals surface area contributed by atoms with Gasteiger partial charge in [-0.3, -0.25) is 10.1 Å². The first-order chi connectivity index (χ1) is 12.6. The summed E-state index contributed by atoms with van der Waals surface area (Å²) in [4.78, 5) is 13.3. The highest BCUT2D eigenvalue weighted by Crippen LogP contribution is 2.26. The fraction of sp³-hybridized carbons (Fsp3) is 0.429. The van der Waals surface area contributed by atoms with Crippen molar-refractivity contribution in [1.29, 1.82) is 0 Å². The predicted molar refractivity (Wildman–Crippen MR) is 106 cm³/mol. The number of rotatable bonds is 7. The van der Waals surface area contributed by atoms with E-state index in [-0.39, 0.29) is 10.6 Å². The minimum Gasteiger partial charge on any atom is -0.377 e. The van der Waals surface area contributed by atoms with E-state index in [0.717, 1.165) is 38.9 Å². The largest absolute Gasteiger partial charge is 0.377 e. The molecule has 0 aliphatic carbocycles. The lowest BCUT2D eigenvalue weighted by Crippen LogP contribution is -2.39. The molecule has 1 heterocycles. The summed E-state index contributed by atoms with van der Waals surface area (Å²) in [6.07, 6.45) is 3.20. The Morgan fingerprint density at radius 2 is 1.77 bits per heavy atom. The van der Waals surface area contributed by atoms with Crippen molar-refractivity contribution in [3.05, 3.63) is 70.3 Å². The molecule has 1 fully saturated rings. The molecule has 0 aromatic heterocycles. The minimum atomic E-state index is -0.317. The Hall–Kier alpha value is -2.40. The van der Waals surface area contributed by atoms with E-state index in [2.05, 4.69) is 47.5 Å². The highest BCUT2D eigenvalue weighted by Gasteiger charge is 2.22. The van der Waals surface area contributed by atoms with Crippen LogP contribution in [0.1, 0.15) is 37.7 Å². The second-order valence-corrected chi connectivity index (χ2v) is 7.13. The highest BCUT2D eigenvalue weighted by molar-refractivity contribution is 5.61. The van der Waals surface area contributed by atoms with Gasteiger partial charge in [-0.2, -0.15) is 0 Å². The van der Waals surface area contributed by atoms with Gasteiger partial charge in [-0.15, -0.1) is 0 Å². The van der Waals surface area contributed by atoms with Gasteiger partial charge >= 0.3 is 0 Å². The Balaban J connectivity index is 1.45. The van der Waals surface area contributed by atoms with Gasteiger partial charge in [-0.25, -0.2) is 0 Å². The summed E-state index contributed by atoms with van der Waals surface area (Å²) in [5, 5.41) is 14.5. The molecule has 0 bridgehead atoms. The van der Waals surface area contributed by atoms with Crippen LogP contribution in [0.15, 0.2) is 54.6 Å². The SMILES string of the molecule is CC(CCN1CCC(Nc2ccccc2[N+](=O)[O-])CC1)c1ccccc1. The molecule has 1 aliphatic rings. The molecule has 26 heavy (non-hydrogen) atoms. The van der Waals surface area contributed by atoms with Gasteiger partial charge in [0, 0.05) is 25.2 Å². The van der Waals surface area contributed by atoms with E-state index in [1.807, 2.05) is 6.07 Å². The number of anilines is 1. The zero-order valence-electron chi connectivity index (χ0n) is 15.3. The van der Waals surface area contributed by atoms with Crippen LogP contribution < -0.4 is 5.32 Å². The van der Waals surface area contributed by atoms with E-state index in [9.17, 15) is 10.1 Å². The maximum absolute atomic E-state index is 11.1. The van der Waals surface area contributed by atoms with E-state index >= 15 is 0 Å². The molecule has 1 aliphatic heterocycles. The first-order valence-electron chi connectivity index (χ1n) is 9.40. The van der Waals surface area contributed by atoms with Crippen molar-refractivity contribution in [3.63, 3.8) is 0 Å². The summed E-state index contributed by atoms with van der Waals surface area (Å²) in [6, 6.07) is 17.9. The van der Waals surface area contributed by atoms with Gasteiger partial charge in [0.1, 0.15) is 5.69 Å². The van der Waals surface area contributed by atoms with Crippen LogP contribution in [0.25, 0.3) is 0 Å². The Kier molecular flexibility index (Phi) is 6.23. The molecule has 3 rings (SSSR count). The summed E-state index contributed by atoms with van der Waals surface area (Å²) >= 11 is 0. The molecule has 1 N–H and O–H groups in total. The number of nitro benzene ring substituents is 1. The number of likely N-dealkylation sites (tertiary alicyclic amines) is 1. The topological polar surface area (TPSA) is 58.4 Å². The van der Waals surface area contributed by atoms with Crippen LogP contribution in [0.5, 0.6) is 0 Å². The van der Waals surface area contributed by atoms with Crippen LogP contribution in [-0.4, -0.2) is 35.5 Å². The van der Waals surface area contributed by atoms with Crippen molar-refractivity contribution < 1.29 is 4.92 Å². The molecule has 0 spiro atoms. The average molecular weight is 353 g/mol. The normalized spacial score (nSPS) is 17.0. The average Bonchev–Trinajstić information content (AvgIpc) is 2.68. The molecule has 2 aromatic rings. The maximum Gasteiger partial charge on any atom is 0.292 e. The lowest BCUT2D eigenvalue weighted by Gasteiger charge is -2.33. The lowest BCUT2D eigenvalue weighted by molar-refractivity contribution is -0.384. The fourth-order valence-corrected chi connectivity index (χ4v) is 3.60. The molecule has 2 aromatic carbocycles. The zero-order chi connectivity index (χ0) is 18.4. The third-order valence-electron chi connectivity index (χ3n) is 5.29. The van der Waals surface area contributed by atoms with Crippen molar-refractivity contribution in [2.24, 2.45) is 0 Å². The van der Waals surface area contributed by atoms with Gasteiger partial charge in [0.2, 0.25) is 0 Å². The van der Waals surface area contributed by atoms with Gasteiger partial charge in [-0.05, 0) is 43.4 Å². The number of benzene rings is 2. The van der Waals surface area contributed by atoms with E-state index in [4.69, 9.17) is 0 Å². The third-order valence-corrected chi connectivity index (χ3v) is 5.29. The van der Waals surface area contributed by atoms with Gasteiger partial charge in [0.05, 0.1) is 4.92 Å². The molecular formula is C21H27N3O2. The van der Waals surface area contributed by atoms with Crippen LogP contribution in [0.4, 0.5) is 11.4 Å². The molecule has 5 nitrogen and oxygen atoms in total. The number of nitrogens with one attached hydrogen (secondary N) is 1. The molecule has 0 radical (unpaired) electrons. The Morgan fingerprint density at radius 3 is 2.46 bits per heavy atom. The Morgan fingerprint density at radius 1 is 1.12 bits per heavy atom. The quantitative estimate of drug-likeness (QED) is 0.581. The van der Waals surface area contributed by atoms with Crippen molar-refractivity contribution in [2.75, 3.05) is 25.0 Å². The molecule has 138 valence electrons. The van der Waals surface area contributed by atoms with Crippen molar-refractivity contribution in [3.8, 4) is 0 Å². The monoisotopic (exact) mass is 353 g/mol. The Bertz CT molecular complexity index is 712. The van der Waals surface area contributed by atoms with Crippen LogP contribution in [-0.2, 0) is 0 Å². The third kappa shape index (κ3) is 4.82. The summed E-state index contributed by atoms with van der Waals surface area (Å²) in [6.45, 7) is 5.48. The number of para-hydroxylation sites is 2. The number of hydrogen-bond donors (Lipinski definition) is 1. The zero-order valence-corrected chi connectivity index (χ0v) is 15.3. The molecule has 1 saturated heterocycles. The summed E-state index contributed by atoms with van der Waals surface area (Å²) < 4.78 is 0. The number of nitrogens with zero attached hydrogens (tertiary/aromatic N) is 2. The predicted octanol–water partition coefficient (Wildman–Crippen LogP) is 4.66. The van der Waals surface area contributed by atoms with Crippen LogP contribution in [0, 0.1) is 10.1 Å². The van der Waals surface area contributed by atoms with Gasteiger partial charge in [0.25, 0.3) is 5.69 Å². The number of piperidine rings is 1. The smallest absolute Gasteiger partial charge is 0.292 e. The van der Waals surface area contributed by atoms with Gasteiger partial charge in [-0.1, -0.05) is 49.4 Å². The highest BCUT2D eigenvalue weighted by atomic mass is 16.6. The van der Waals surface area contributed by atoms with Crippen molar-refractivity contribution in [1.82, 2.24) is 4.90 Å². The second kappa shape index (κ2) is 8.81. The molecular weight excluding hydrogens is 326 g/mol. The first-order valence-corrected chi connectivity index (χ1v) is 9.40. The van der Waals surface area contributed by atoms with Crippen LogP contribution in [0.3, 0.4) is 0 Å². The van der Waals surface area contributed by atoms with Gasteiger partial charge in [0.15, 0.2) is 0 Å².